The van der Waals surface area contributed by atoms with Gasteiger partial charge in [-0.15, -0.1) is 24.0 Å². The van der Waals surface area contributed by atoms with Crippen LogP contribution in [0.5, 0.6) is 11.5 Å². The van der Waals surface area contributed by atoms with Gasteiger partial charge in [0.1, 0.15) is 17.6 Å². The summed E-state index contributed by atoms with van der Waals surface area (Å²) in [7, 11) is 3.57. The minimum Gasteiger partial charge on any atom is -0.497 e. The third kappa shape index (κ3) is 7.05. The number of rotatable bonds is 8. The van der Waals surface area contributed by atoms with E-state index in [1.807, 2.05) is 43.7 Å². The fourth-order valence-corrected chi connectivity index (χ4v) is 3.21. The molecule has 1 aliphatic heterocycles. The molecule has 1 saturated heterocycles. The predicted octanol–water partition coefficient (Wildman–Crippen LogP) is 2.85. The average molecular weight is 529 g/mol. The van der Waals surface area contributed by atoms with E-state index in [-0.39, 0.29) is 30.1 Å². The monoisotopic (exact) mass is 529 g/mol. The Labute approximate surface area is 195 Å². The van der Waals surface area contributed by atoms with Crippen LogP contribution in [0.3, 0.4) is 0 Å². The lowest BCUT2D eigenvalue weighted by molar-refractivity contribution is -0.00804. The van der Waals surface area contributed by atoms with Crippen molar-refractivity contribution >= 4 is 29.9 Å². The van der Waals surface area contributed by atoms with Crippen molar-refractivity contribution in [1.29, 1.82) is 0 Å². The minimum atomic E-state index is 0. The minimum absolute atomic E-state index is 0. The number of ether oxygens (including phenoxy) is 3. The van der Waals surface area contributed by atoms with Gasteiger partial charge >= 0.3 is 0 Å². The van der Waals surface area contributed by atoms with Gasteiger partial charge in [-0.25, -0.2) is 0 Å². The first-order valence-corrected chi connectivity index (χ1v) is 10.1. The normalized spacial score (nSPS) is 16.7. The van der Waals surface area contributed by atoms with Crippen molar-refractivity contribution in [3.05, 3.63) is 42.2 Å². The molecule has 1 aliphatic rings. The smallest absolute Gasteiger partial charge is 0.194 e. The van der Waals surface area contributed by atoms with Crippen molar-refractivity contribution in [1.82, 2.24) is 20.0 Å². The molecule has 0 saturated carbocycles. The summed E-state index contributed by atoms with van der Waals surface area (Å²) in [6.07, 6.45) is 4.72. The summed E-state index contributed by atoms with van der Waals surface area (Å²) in [4.78, 5) is 7.04. The molecule has 1 atom stereocenters. The summed E-state index contributed by atoms with van der Waals surface area (Å²) in [6, 6.07) is 7.65. The molecule has 3 rings (SSSR count). The van der Waals surface area contributed by atoms with Crippen LogP contribution in [-0.4, -0.2) is 67.1 Å². The van der Waals surface area contributed by atoms with Gasteiger partial charge in [0.25, 0.3) is 0 Å². The SMILES string of the molecule is CCNC(=NCCCOc1cccc(OC)c1)N1CCOC(c2cnn(C)c2)C1.I. The number of aliphatic imine (C=N–C) groups is 1. The zero-order valence-electron chi connectivity index (χ0n) is 17.9. The van der Waals surface area contributed by atoms with Crippen LogP contribution in [0.2, 0.25) is 0 Å². The lowest BCUT2D eigenvalue weighted by Gasteiger charge is -2.34. The number of methoxy groups -OCH3 is 1. The van der Waals surface area contributed by atoms with Crippen molar-refractivity contribution in [3.8, 4) is 11.5 Å². The van der Waals surface area contributed by atoms with E-state index in [0.717, 1.165) is 49.1 Å². The van der Waals surface area contributed by atoms with Crippen LogP contribution >= 0.6 is 24.0 Å². The summed E-state index contributed by atoms with van der Waals surface area (Å²) in [6.45, 7) is 6.47. The molecule has 166 valence electrons. The number of morpholine rings is 1. The number of hydrogen-bond acceptors (Lipinski definition) is 5. The highest BCUT2D eigenvalue weighted by Crippen LogP contribution is 2.22. The second kappa shape index (κ2) is 12.6. The first-order chi connectivity index (χ1) is 14.2. The maximum absolute atomic E-state index is 5.94. The van der Waals surface area contributed by atoms with Crippen molar-refractivity contribution in [2.45, 2.75) is 19.4 Å². The number of hydrogen-bond donors (Lipinski definition) is 1. The standard InChI is InChI=1S/C21H31N5O3.HI/c1-4-22-21(23-9-6-11-28-19-8-5-7-18(13-19)27-3)26-10-12-29-20(16-26)17-14-24-25(2)15-17;/h5,7-8,13-15,20H,4,6,9-12,16H2,1-3H3,(H,22,23);1H. The molecular weight excluding hydrogens is 497 g/mol. The molecule has 0 aliphatic carbocycles. The van der Waals surface area contributed by atoms with E-state index in [9.17, 15) is 0 Å². The topological polar surface area (TPSA) is 73.1 Å². The molecule has 2 heterocycles. The van der Waals surface area contributed by atoms with Crippen LogP contribution in [0.1, 0.15) is 25.0 Å². The van der Waals surface area contributed by atoms with Crippen LogP contribution in [0.15, 0.2) is 41.7 Å². The van der Waals surface area contributed by atoms with E-state index in [1.54, 1.807) is 11.8 Å². The largest absolute Gasteiger partial charge is 0.497 e. The Morgan fingerprint density at radius 3 is 2.93 bits per heavy atom. The highest BCUT2D eigenvalue weighted by Gasteiger charge is 2.25. The summed E-state index contributed by atoms with van der Waals surface area (Å²) in [5.74, 6) is 2.53. The molecule has 1 fully saturated rings. The highest BCUT2D eigenvalue weighted by molar-refractivity contribution is 14.0. The Balaban J connectivity index is 0.00000320. The number of benzene rings is 1. The molecular formula is C21H32IN5O3. The van der Waals surface area contributed by atoms with E-state index in [4.69, 9.17) is 19.2 Å². The van der Waals surface area contributed by atoms with Crippen molar-refractivity contribution in [2.24, 2.45) is 12.0 Å². The van der Waals surface area contributed by atoms with E-state index in [0.29, 0.717) is 19.8 Å². The van der Waals surface area contributed by atoms with Crippen LogP contribution in [-0.2, 0) is 11.8 Å². The number of nitrogens with zero attached hydrogens (tertiary/aromatic N) is 4. The number of aromatic nitrogens is 2. The fraction of sp³-hybridized carbons (Fsp3) is 0.524. The van der Waals surface area contributed by atoms with Gasteiger partial charge in [-0.3, -0.25) is 9.67 Å². The van der Waals surface area contributed by atoms with Crippen LogP contribution < -0.4 is 14.8 Å². The second-order valence-corrected chi connectivity index (χ2v) is 6.87. The van der Waals surface area contributed by atoms with Gasteiger partial charge in [0.2, 0.25) is 0 Å². The third-order valence-electron chi connectivity index (χ3n) is 4.67. The Bertz CT molecular complexity index is 798. The summed E-state index contributed by atoms with van der Waals surface area (Å²) in [5.41, 5.74) is 1.10. The van der Waals surface area contributed by atoms with Gasteiger partial charge in [0.05, 0.1) is 33.1 Å². The van der Waals surface area contributed by atoms with Gasteiger partial charge in [-0.2, -0.15) is 5.10 Å². The third-order valence-corrected chi connectivity index (χ3v) is 4.67. The molecule has 1 aromatic carbocycles. The molecule has 0 radical (unpaired) electrons. The molecule has 30 heavy (non-hydrogen) atoms. The summed E-state index contributed by atoms with van der Waals surface area (Å²) < 4.78 is 18.8. The maximum atomic E-state index is 5.94. The van der Waals surface area contributed by atoms with Crippen LogP contribution in [0, 0.1) is 0 Å². The van der Waals surface area contributed by atoms with E-state index in [1.165, 1.54) is 0 Å². The first kappa shape index (κ1) is 24.3. The van der Waals surface area contributed by atoms with Gasteiger partial charge < -0.3 is 24.4 Å². The first-order valence-electron chi connectivity index (χ1n) is 10.1. The number of halogens is 1. The molecule has 1 N–H and O–H groups in total. The van der Waals surface area contributed by atoms with Gasteiger partial charge in [-0.05, 0) is 19.1 Å². The van der Waals surface area contributed by atoms with Gasteiger partial charge in [0.15, 0.2) is 5.96 Å². The van der Waals surface area contributed by atoms with Gasteiger partial charge in [0, 0.05) is 50.9 Å². The predicted molar refractivity (Wildman–Crippen MR) is 128 cm³/mol. The molecule has 0 bridgehead atoms. The van der Waals surface area contributed by atoms with Gasteiger partial charge in [-0.1, -0.05) is 6.07 Å². The molecule has 0 spiro atoms. The van der Waals surface area contributed by atoms with E-state index < -0.39 is 0 Å². The Kier molecular flexibility index (Phi) is 10.2. The molecule has 2 aromatic rings. The molecule has 1 aromatic heterocycles. The Morgan fingerprint density at radius 1 is 1.37 bits per heavy atom. The molecule has 9 heteroatoms. The van der Waals surface area contributed by atoms with Crippen molar-refractivity contribution in [3.63, 3.8) is 0 Å². The highest BCUT2D eigenvalue weighted by atomic mass is 127. The fourth-order valence-electron chi connectivity index (χ4n) is 3.21. The maximum Gasteiger partial charge on any atom is 0.194 e. The molecule has 0 amide bonds. The quantitative estimate of drug-likeness (QED) is 0.246. The molecule has 8 nitrogen and oxygen atoms in total. The zero-order chi connectivity index (χ0) is 20.5. The Morgan fingerprint density at radius 2 is 2.20 bits per heavy atom. The second-order valence-electron chi connectivity index (χ2n) is 6.87. The summed E-state index contributed by atoms with van der Waals surface area (Å²) in [5, 5.41) is 7.65. The van der Waals surface area contributed by atoms with Crippen molar-refractivity contribution in [2.75, 3.05) is 46.5 Å². The summed E-state index contributed by atoms with van der Waals surface area (Å²) >= 11 is 0. The lowest BCUT2D eigenvalue weighted by atomic mass is 10.1. The lowest BCUT2D eigenvalue weighted by Crippen LogP contribution is -2.48. The molecule has 1 unspecified atom stereocenters. The average Bonchev–Trinajstić information content (AvgIpc) is 3.19. The van der Waals surface area contributed by atoms with Crippen LogP contribution in [0.25, 0.3) is 0 Å². The van der Waals surface area contributed by atoms with Crippen LogP contribution in [0.4, 0.5) is 0 Å². The van der Waals surface area contributed by atoms with E-state index in [2.05, 4.69) is 22.2 Å². The zero-order valence-corrected chi connectivity index (χ0v) is 20.2. The Hall–Kier alpha value is -2.01. The number of aryl methyl sites for hydroxylation is 1. The van der Waals surface area contributed by atoms with Crippen molar-refractivity contribution < 1.29 is 14.2 Å². The number of nitrogens with one attached hydrogen (secondary N) is 1. The van der Waals surface area contributed by atoms with E-state index >= 15 is 0 Å². The number of guanidine groups is 1.